The second-order valence-electron chi connectivity index (χ2n) is 9.00. The number of anilines is 1. The molecule has 2 aromatic carbocycles. The molecule has 0 amide bonds. The van der Waals surface area contributed by atoms with Gasteiger partial charge in [0.05, 0.1) is 12.8 Å². The van der Waals surface area contributed by atoms with Gasteiger partial charge >= 0.3 is 0 Å². The molecular weight excluding hydrogens is 410 g/mol. The maximum absolute atomic E-state index is 13.4. The number of fused-ring (bicyclic) bond motifs is 1. The Hall–Kier alpha value is -3.05. The van der Waals surface area contributed by atoms with Crippen LogP contribution in [0.1, 0.15) is 43.7 Å². The number of rotatable bonds is 3. The first-order chi connectivity index (χ1) is 14.9. The Kier molecular flexibility index (Phi) is 4.67. The lowest BCUT2D eigenvalue weighted by molar-refractivity contribution is -0.118. The van der Waals surface area contributed by atoms with E-state index in [-0.39, 0.29) is 17.1 Å². The zero-order valence-corrected chi connectivity index (χ0v) is 18.5. The Labute approximate surface area is 186 Å². The minimum atomic E-state index is -0.278. The Morgan fingerprint density at radius 3 is 2.55 bits per heavy atom. The summed E-state index contributed by atoms with van der Waals surface area (Å²) >= 11 is 6.66. The molecule has 0 radical (unpaired) electrons. The van der Waals surface area contributed by atoms with Gasteiger partial charge in [-0.25, -0.2) is 0 Å². The number of Topliss-reactive ketones (excluding diaryl/α,β-unsaturated/α-hetero) is 1. The van der Waals surface area contributed by atoms with Crippen LogP contribution in [-0.2, 0) is 4.79 Å². The summed E-state index contributed by atoms with van der Waals surface area (Å²) in [6.45, 7) is 4.26. The topological polar surface area (TPSA) is 67.0 Å². The second kappa shape index (κ2) is 7.27. The van der Waals surface area contributed by atoms with Gasteiger partial charge in [-0.1, -0.05) is 43.6 Å². The van der Waals surface area contributed by atoms with Crippen molar-refractivity contribution in [1.29, 1.82) is 0 Å². The fourth-order valence-corrected chi connectivity index (χ4v) is 5.04. The van der Waals surface area contributed by atoms with Crippen LogP contribution in [0, 0.1) is 5.41 Å². The molecular formula is C25H24ClN3O2. The summed E-state index contributed by atoms with van der Waals surface area (Å²) in [4.78, 5) is 13.4. The van der Waals surface area contributed by atoms with Crippen LogP contribution in [0.5, 0.6) is 5.75 Å². The molecule has 1 aliphatic carbocycles. The molecule has 2 aliphatic rings. The number of aromatic nitrogens is 2. The van der Waals surface area contributed by atoms with Gasteiger partial charge in [-0.15, -0.1) is 0 Å². The van der Waals surface area contributed by atoms with Crippen LogP contribution in [0.15, 0.2) is 59.8 Å². The number of allylic oxidation sites excluding steroid dienone is 2. The van der Waals surface area contributed by atoms with Crippen molar-refractivity contribution in [2.24, 2.45) is 5.41 Å². The minimum absolute atomic E-state index is 0.0967. The van der Waals surface area contributed by atoms with Crippen molar-refractivity contribution in [3.05, 3.63) is 76.0 Å². The van der Waals surface area contributed by atoms with E-state index in [0.717, 1.165) is 51.6 Å². The molecule has 6 heteroatoms. The molecule has 0 fully saturated rings. The van der Waals surface area contributed by atoms with Crippen LogP contribution in [0.4, 0.5) is 5.82 Å². The van der Waals surface area contributed by atoms with E-state index >= 15 is 0 Å². The average molecular weight is 434 g/mol. The van der Waals surface area contributed by atoms with Gasteiger partial charge in [0.15, 0.2) is 11.6 Å². The van der Waals surface area contributed by atoms with Crippen LogP contribution in [-0.4, -0.2) is 23.1 Å². The monoisotopic (exact) mass is 433 g/mol. The van der Waals surface area contributed by atoms with Gasteiger partial charge in [-0.05, 0) is 47.7 Å². The number of methoxy groups -OCH3 is 1. The van der Waals surface area contributed by atoms with E-state index < -0.39 is 0 Å². The summed E-state index contributed by atoms with van der Waals surface area (Å²) in [5.74, 6) is 1.42. The van der Waals surface area contributed by atoms with E-state index in [0.29, 0.717) is 11.4 Å². The highest BCUT2D eigenvalue weighted by Crippen LogP contribution is 2.51. The van der Waals surface area contributed by atoms with E-state index in [1.54, 1.807) is 7.11 Å². The summed E-state index contributed by atoms with van der Waals surface area (Å²) in [6, 6.07) is 15.6. The van der Waals surface area contributed by atoms with E-state index in [4.69, 9.17) is 16.3 Å². The first-order valence-corrected chi connectivity index (χ1v) is 10.8. The molecule has 0 spiro atoms. The maximum atomic E-state index is 13.4. The molecule has 158 valence electrons. The molecule has 2 N–H and O–H groups in total. The van der Waals surface area contributed by atoms with Gasteiger partial charge < -0.3 is 10.1 Å². The number of carbonyl (C=O) groups is 1. The van der Waals surface area contributed by atoms with E-state index in [2.05, 4.69) is 29.4 Å². The predicted octanol–water partition coefficient (Wildman–Crippen LogP) is 5.94. The summed E-state index contributed by atoms with van der Waals surface area (Å²) in [5, 5.41) is 11.9. The number of nitrogens with zero attached hydrogens (tertiary/aromatic N) is 1. The largest absolute Gasteiger partial charge is 0.497 e. The SMILES string of the molecule is COc1ccc(-c2[nH]nc3c2[C@@H](c2ccccc2Cl)C2=C(CC(C)(C)CC2=O)N3)cc1. The van der Waals surface area contributed by atoms with Gasteiger partial charge in [-0.2, -0.15) is 5.10 Å². The highest BCUT2D eigenvalue weighted by atomic mass is 35.5. The van der Waals surface area contributed by atoms with Crippen molar-refractivity contribution in [2.75, 3.05) is 12.4 Å². The first kappa shape index (κ1) is 19.9. The quantitative estimate of drug-likeness (QED) is 0.536. The Bertz CT molecular complexity index is 1210. The van der Waals surface area contributed by atoms with Crippen molar-refractivity contribution in [3.8, 4) is 17.0 Å². The number of benzene rings is 2. The molecule has 3 aromatic rings. The van der Waals surface area contributed by atoms with Crippen molar-refractivity contribution in [2.45, 2.75) is 32.6 Å². The number of ether oxygens (including phenoxy) is 1. The first-order valence-electron chi connectivity index (χ1n) is 10.4. The Balaban J connectivity index is 1.73. The van der Waals surface area contributed by atoms with Gasteiger partial charge in [0.2, 0.25) is 0 Å². The van der Waals surface area contributed by atoms with Gasteiger partial charge in [0.1, 0.15) is 5.75 Å². The van der Waals surface area contributed by atoms with Gasteiger partial charge in [0, 0.05) is 39.8 Å². The standard InChI is InChI=1S/C25H24ClN3O2/c1-25(2)12-18-21(19(30)13-25)20(16-6-4-5-7-17(16)26)22-23(28-29-24(22)27-18)14-8-10-15(31-3)11-9-14/h4-11,20H,12-13H2,1-3H3,(H2,27,28,29)/t20-/m0/s1. The zero-order chi connectivity index (χ0) is 21.8. The van der Waals surface area contributed by atoms with Gasteiger partial charge in [-0.3, -0.25) is 9.89 Å². The lowest BCUT2D eigenvalue weighted by atomic mass is 9.69. The lowest BCUT2D eigenvalue weighted by Crippen LogP contribution is -2.33. The Morgan fingerprint density at radius 2 is 1.84 bits per heavy atom. The fraction of sp³-hybridized carbons (Fsp3) is 0.280. The van der Waals surface area contributed by atoms with Crippen LogP contribution in [0.3, 0.4) is 0 Å². The predicted molar refractivity (Wildman–Crippen MR) is 123 cm³/mol. The zero-order valence-electron chi connectivity index (χ0n) is 17.8. The van der Waals surface area contributed by atoms with Crippen LogP contribution in [0.2, 0.25) is 5.02 Å². The van der Waals surface area contributed by atoms with Crippen molar-refractivity contribution in [1.82, 2.24) is 10.2 Å². The number of aromatic amines is 1. The molecule has 5 nitrogen and oxygen atoms in total. The van der Waals surface area contributed by atoms with Crippen LogP contribution in [0.25, 0.3) is 11.3 Å². The summed E-state index contributed by atoms with van der Waals surface area (Å²) in [5.41, 5.74) is 5.37. The normalized spacial score (nSPS) is 19.5. The fourth-order valence-electron chi connectivity index (χ4n) is 4.79. The molecule has 1 aliphatic heterocycles. The smallest absolute Gasteiger partial charge is 0.162 e. The molecule has 0 unspecified atom stereocenters. The number of hydrogen-bond acceptors (Lipinski definition) is 4. The van der Waals surface area contributed by atoms with E-state index in [1.807, 2.05) is 48.5 Å². The molecule has 1 aromatic heterocycles. The highest BCUT2D eigenvalue weighted by molar-refractivity contribution is 6.31. The van der Waals surface area contributed by atoms with Crippen molar-refractivity contribution in [3.63, 3.8) is 0 Å². The summed E-state index contributed by atoms with van der Waals surface area (Å²) < 4.78 is 5.30. The summed E-state index contributed by atoms with van der Waals surface area (Å²) in [7, 11) is 1.65. The third-order valence-corrected chi connectivity index (χ3v) is 6.51. The Morgan fingerprint density at radius 1 is 1.10 bits per heavy atom. The third-order valence-electron chi connectivity index (χ3n) is 6.17. The second-order valence-corrected chi connectivity index (χ2v) is 9.41. The van der Waals surface area contributed by atoms with E-state index in [9.17, 15) is 4.79 Å². The molecule has 2 heterocycles. The molecule has 0 saturated carbocycles. The molecule has 0 saturated heterocycles. The number of halogens is 1. The number of ketones is 1. The highest BCUT2D eigenvalue weighted by Gasteiger charge is 2.43. The minimum Gasteiger partial charge on any atom is -0.497 e. The van der Waals surface area contributed by atoms with Gasteiger partial charge in [0.25, 0.3) is 0 Å². The lowest BCUT2D eigenvalue weighted by Gasteiger charge is -2.38. The maximum Gasteiger partial charge on any atom is 0.162 e. The average Bonchev–Trinajstić information content (AvgIpc) is 3.15. The molecule has 0 bridgehead atoms. The number of hydrogen-bond donors (Lipinski definition) is 2. The van der Waals surface area contributed by atoms with Crippen LogP contribution < -0.4 is 10.1 Å². The van der Waals surface area contributed by atoms with E-state index in [1.165, 1.54) is 0 Å². The molecule has 31 heavy (non-hydrogen) atoms. The van der Waals surface area contributed by atoms with Crippen molar-refractivity contribution < 1.29 is 9.53 Å². The van der Waals surface area contributed by atoms with Crippen LogP contribution >= 0.6 is 11.6 Å². The third kappa shape index (κ3) is 3.33. The molecule has 5 rings (SSSR count). The number of H-pyrrole nitrogens is 1. The van der Waals surface area contributed by atoms with Crippen molar-refractivity contribution >= 4 is 23.2 Å². The molecule has 1 atom stereocenters. The summed E-state index contributed by atoms with van der Waals surface area (Å²) in [6.07, 6.45) is 1.30. The number of nitrogens with one attached hydrogen (secondary N) is 2. The number of carbonyl (C=O) groups excluding carboxylic acids is 1.